The van der Waals surface area contributed by atoms with Gasteiger partial charge in [-0.3, -0.25) is 4.68 Å². The molecule has 0 aromatic carbocycles. The van der Waals surface area contributed by atoms with Gasteiger partial charge in [0.05, 0.1) is 10.7 Å². The standard InChI is InChI=1S/C20H27F2N5OS/c1-13(21)16-12-18(26(4)25-16)29-20(2,3)14-6-9-27(10-7-14)19(28)24-15-5-8-23-17(22)11-15/h5,8,11-14H,6-7,9-10H2,1-4H3,(H,23,24,28). The van der Waals surface area contributed by atoms with Crippen LogP contribution >= 0.6 is 11.8 Å². The first-order valence-electron chi connectivity index (χ1n) is 9.70. The van der Waals surface area contributed by atoms with Crippen LogP contribution in [0.5, 0.6) is 0 Å². The summed E-state index contributed by atoms with van der Waals surface area (Å²) in [7, 11) is 1.83. The van der Waals surface area contributed by atoms with Gasteiger partial charge in [0.1, 0.15) is 6.17 Å². The minimum Gasteiger partial charge on any atom is -0.325 e. The molecule has 0 radical (unpaired) electrons. The van der Waals surface area contributed by atoms with Crippen LogP contribution in [0.2, 0.25) is 0 Å². The van der Waals surface area contributed by atoms with E-state index in [9.17, 15) is 13.6 Å². The summed E-state index contributed by atoms with van der Waals surface area (Å²) in [5, 5.41) is 7.91. The fourth-order valence-electron chi connectivity index (χ4n) is 3.57. The van der Waals surface area contributed by atoms with Crippen molar-refractivity contribution in [2.24, 2.45) is 13.0 Å². The number of thioether (sulfide) groups is 1. The number of aryl methyl sites for hydroxylation is 1. The van der Waals surface area contributed by atoms with Gasteiger partial charge in [-0.05, 0) is 37.8 Å². The smallest absolute Gasteiger partial charge is 0.321 e. The summed E-state index contributed by atoms with van der Waals surface area (Å²) in [6.07, 6.45) is 1.96. The summed E-state index contributed by atoms with van der Waals surface area (Å²) in [6, 6.07) is 4.35. The lowest BCUT2D eigenvalue weighted by atomic mass is 9.86. The lowest BCUT2D eigenvalue weighted by molar-refractivity contribution is 0.173. The molecule has 29 heavy (non-hydrogen) atoms. The molecule has 3 heterocycles. The fourth-order valence-corrected chi connectivity index (χ4v) is 4.87. The molecular weight excluding hydrogens is 396 g/mol. The van der Waals surface area contributed by atoms with Crippen molar-refractivity contribution in [3.8, 4) is 0 Å². The predicted octanol–water partition coefficient (Wildman–Crippen LogP) is 4.80. The second-order valence-corrected chi connectivity index (χ2v) is 9.59. The molecule has 0 spiro atoms. The second-order valence-electron chi connectivity index (χ2n) is 7.91. The topological polar surface area (TPSA) is 63.1 Å². The Balaban J connectivity index is 1.57. The molecule has 1 atom stereocenters. The molecule has 6 nitrogen and oxygen atoms in total. The van der Waals surface area contributed by atoms with Crippen LogP contribution in [0.4, 0.5) is 19.3 Å². The van der Waals surface area contributed by atoms with Crippen LogP contribution in [-0.2, 0) is 7.05 Å². The number of nitrogens with zero attached hydrogens (tertiary/aromatic N) is 4. The van der Waals surface area contributed by atoms with Gasteiger partial charge in [-0.15, -0.1) is 11.8 Å². The summed E-state index contributed by atoms with van der Waals surface area (Å²) >= 11 is 1.70. The largest absolute Gasteiger partial charge is 0.325 e. The van der Waals surface area contributed by atoms with Gasteiger partial charge in [0.25, 0.3) is 0 Å². The first kappa shape index (κ1) is 21.5. The number of hydrogen-bond acceptors (Lipinski definition) is 4. The lowest BCUT2D eigenvalue weighted by Gasteiger charge is -2.40. The van der Waals surface area contributed by atoms with Gasteiger partial charge < -0.3 is 10.2 Å². The van der Waals surface area contributed by atoms with Crippen LogP contribution in [0.15, 0.2) is 29.4 Å². The molecule has 1 aliphatic rings. The molecule has 1 unspecified atom stereocenters. The van der Waals surface area contributed by atoms with E-state index in [1.807, 2.05) is 13.1 Å². The molecule has 0 saturated carbocycles. The molecule has 0 bridgehead atoms. The van der Waals surface area contributed by atoms with Gasteiger partial charge >= 0.3 is 6.03 Å². The lowest BCUT2D eigenvalue weighted by Crippen LogP contribution is -2.44. The van der Waals surface area contributed by atoms with Crippen LogP contribution in [0.25, 0.3) is 0 Å². The first-order valence-corrected chi connectivity index (χ1v) is 10.5. The second kappa shape index (κ2) is 8.69. The van der Waals surface area contributed by atoms with Crippen LogP contribution in [0.3, 0.4) is 0 Å². The van der Waals surface area contributed by atoms with E-state index in [4.69, 9.17) is 0 Å². The molecule has 1 aliphatic heterocycles. The number of halogens is 2. The number of carbonyl (C=O) groups excluding carboxylic acids is 1. The van der Waals surface area contributed by atoms with Gasteiger partial charge in [-0.25, -0.2) is 14.2 Å². The van der Waals surface area contributed by atoms with Gasteiger partial charge in [0, 0.05) is 42.8 Å². The maximum atomic E-state index is 13.6. The maximum Gasteiger partial charge on any atom is 0.321 e. The minimum absolute atomic E-state index is 0.0819. The van der Waals surface area contributed by atoms with Crippen molar-refractivity contribution in [3.05, 3.63) is 36.0 Å². The molecule has 2 aromatic heterocycles. The highest BCUT2D eigenvalue weighted by Gasteiger charge is 2.35. The van der Waals surface area contributed by atoms with Crippen molar-refractivity contribution in [1.29, 1.82) is 0 Å². The summed E-state index contributed by atoms with van der Waals surface area (Å²) in [6.45, 7) is 7.12. The van der Waals surface area contributed by atoms with E-state index >= 15 is 0 Å². The van der Waals surface area contributed by atoms with Crippen LogP contribution < -0.4 is 5.32 Å². The zero-order chi connectivity index (χ0) is 21.2. The molecule has 2 aromatic rings. The number of aromatic nitrogens is 3. The SMILES string of the molecule is CC(F)c1cc(SC(C)(C)C2CCN(C(=O)Nc3ccnc(F)c3)CC2)n(C)n1. The van der Waals surface area contributed by atoms with Gasteiger partial charge in [-0.1, -0.05) is 13.8 Å². The van der Waals surface area contributed by atoms with Gasteiger partial charge in [0.2, 0.25) is 5.95 Å². The van der Waals surface area contributed by atoms with Crippen molar-refractivity contribution in [1.82, 2.24) is 19.7 Å². The summed E-state index contributed by atoms with van der Waals surface area (Å²) in [5.41, 5.74) is 0.847. The van der Waals surface area contributed by atoms with Crippen molar-refractivity contribution in [2.75, 3.05) is 18.4 Å². The van der Waals surface area contributed by atoms with Crippen LogP contribution in [0.1, 0.15) is 45.5 Å². The van der Waals surface area contributed by atoms with E-state index < -0.39 is 12.1 Å². The van der Waals surface area contributed by atoms with E-state index in [1.165, 1.54) is 19.2 Å². The van der Waals surface area contributed by atoms with Crippen molar-refractivity contribution in [2.45, 2.75) is 49.6 Å². The highest BCUT2D eigenvalue weighted by molar-refractivity contribution is 8.00. The highest BCUT2D eigenvalue weighted by Crippen LogP contribution is 2.43. The number of rotatable bonds is 5. The molecule has 3 rings (SSSR count). The summed E-state index contributed by atoms with van der Waals surface area (Å²) < 4.78 is 28.4. The number of nitrogens with one attached hydrogen (secondary N) is 1. The third-order valence-corrected chi connectivity index (χ3v) is 6.82. The van der Waals surface area contributed by atoms with E-state index in [2.05, 4.69) is 29.2 Å². The van der Waals surface area contributed by atoms with E-state index in [0.717, 1.165) is 17.9 Å². The Morgan fingerprint density at radius 1 is 1.34 bits per heavy atom. The predicted molar refractivity (Wildman–Crippen MR) is 110 cm³/mol. The number of amides is 2. The molecule has 9 heteroatoms. The zero-order valence-corrected chi connectivity index (χ0v) is 18.0. The van der Waals surface area contributed by atoms with Crippen molar-refractivity contribution >= 4 is 23.5 Å². The monoisotopic (exact) mass is 423 g/mol. The number of carbonyl (C=O) groups is 1. The van der Waals surface area contributed by atoms with E-state index in [-0.39, 0.29) is 10.8 Å². The minimum atomic E-state index is -1.09. The molecule has 2 amide bonds. The van der Waals surface area contributed by atoms with E-state index in [1.54, 1.807) is 27.4 Å². The quantitative estimate of drug-likeness (QED) is 0.554. The summed E-state index contributed by atoms with van der Waals surface area (Å²) in [5.74, 6) is -0.225. The molecule has 158 valence electrons. The van der Waals surface area contributed by atoms with Crippen molar-refractivity contribution < 1.29 is 13.6 Å². The average Bonchev–Trinajstić information content (AvgIpc) is 3.02. The van der Waals surface area contributed by atoms with Crippen LogP contribution in [0, 0.1) is 11.9 Å². The fraction of sp³-hybridized carbons (Fsp3) is 0.550. The number of pyridine rings is 1. The Bertz CT molecular complexity index is 862. The Hall–Kier alpha value is -2.16. The molecule has 1 saturated heterocycles. The van der Waals surface area contributed by atoms with Gasteiger partial charge in [0.15, 0.2) is 0 Å². The number of alkyl halides is 1. The Morgan fingerprint density at radius 2 is 2.03 bits per heavy atom. The normalized spacial score (nSPS) is 16.7. The number of piperidine rings is 1. The molecule has 0 aliphatic carbocycles. The Kier molecular flexibility index (Phi) is 6.45. The Morgan fingerprint density at radius 3 is 2.62 bits per heavy atom. The number of urea groups is 1. The molecular formula is C20H27F2N5OS. The van der Waals surface area contributed by atoms with Gasteiger partial charge in [-0.2, -0.15) is 9.49 Å². The van der Waals surface area contributed by atoms with Crippen molar-refractivity contribution in [3.63, 3.8) is 0 Å². The molecule has 1 N–H and O–H groups in total. The average molecular weight is 424 g/mol. The first-order chi connectivity index (χ1) is 13.7. The third kappa shape index (κ3) is 5.26. The molecule has 1 fully saturated rings. The Labute approximate surface area is 174 Å². The zero-order valence-electron chi connectivity index (χ0n) is 17.2. The van der Waals surface area contributed by atoms with E-state index in [0.29, 0.717) is 30.4 Å². The highest BCUT2D eigenvalue weighted by atomic mass is 32.2. The third-order valence-electron chi connectivity index (χ3n) is 5.37. The maximum absolute atomic E-state index is 13.6. The number of anilines is 1. The number of hydrogen-bond donors (Lipinski definition) is 1. The summed E-state index contributed by atoms with van der Waals surface area (Å²) in [4.78, 5) is 17.7. The van der Waals surface area contributed by atoms with Crippen LogP contribution in [-0.4, -0.2) is 43.5 Å². The number of likely N-dealkylation sites (tertiary alicyclic amines) is 1.